The second-order valence-corrected chi connectivity index (χ2v) is 8.20. The van der Waals surface area contributed by atoms with Crippen molar-refractivity contribution >= 4 is 5.91 Å². The third-order valence-corrected chi connectivity index (χ3v) is 5.50. The molecule has 0 bridgehead atoms. The van der Waals surface area contributed by atoms with E-state index in [1.54, 1.807) is 0 Å². The third kappa shape index (κ3) is 21.7. The van der Waals surface area contributed by atoms with Gasteiger partial charge >= 0.3 is 0 Å². The standard InChI is InChI=1S/C25H50N2O2/c1-3-5-6-7-8-9-10-11-12-13-14-15-16-17-18-20-25(29)26-21-23-27(4-2)22-19-24-28/h11-12,28H,3-10,13-24H2,1-2H3,(H,26,29)/b12-11-. The van der Waals surface area contributed by atoms with Crippen LogP contribution in [-0.4, -0.2) is 48.7 Å². The summed E-state index contributed by atoms with van der Waals surface area (Å²) in [6.07, 6.45) is 22.9. The smallest absolute Gasteiger partial charge is 0.220 e. The van der Waals surface area contributed by atoms with E-state index in [1.807, 2.05) is 0 Å². The molecule has 0 aliphatic carbocycles. The number of aliphatic hydroxyl groups excluding tert-OH is 1. The Balaban J connectivity index is 3.34. The predicted octanol–water partition coefficient (Wildman–Crippen LogP) is 5.84. The van der Waals surface area contributed by atoms with Crippen molar-refractivity contribution in [3.8, 4) is 0 Å². The van der Waals surface area contributed by atoms with Crippen molar-refractivity contribution in [2.75, 3.05) is 32.8 Å². The number of carbonyl (C=O) groups excluding carboxylic acids is 1. The molecular weight excluding hydrogens is 360 g/mol. The van der Waals surface area contributed by atoms with Crippen LogP contribution < -0.4 is 5.32 Å². The lowest BCUT2D eigenvalue weighted by molar-refractivity contribution is -0.121. The van der Waals surface area contributed by atoms with Crippen molar-refractivity contribution in [1.82, 2.24) is 10.2 Å². The van der Waals surface area contributed by atoms with Gasteiger partial charge in [0.1, 0.15) is 0 Å². The second kappa shape index (κ2) is 23.4. The highest BCUT2D eigenvalue weighted by Crippen LogP contribution is 2.09. The summed E-state index contributed by atoms with van der Waals surface area (Å²) >= 11 is 0. The van der Waals surface area contributed by atoms with Crippen LogP contribution in [0.4, 0.5) is 0 Å². The lowest BCUT2D eigenvalue weighted by atomic mass is 10.1. The van der Waals surface area contributed by atoms with Gasteiger partial charge in [0.25, 0.3) is 0 Å². The Labute approximate surface area is 181 Å². The van der Waals surface area contributed by atoms with Gasteiger partial charge in [-0.05, 0) is 45.1 Å². The van der Waals surface area contributed by atoms with Crippen LogP contribution in [0.2, 0.25) is 0 Å². The van der Waals surface area contributed by atoms with E-state index < -0.39 is 0 Å². The number of hydrogen-bond donors (Lipinski definition) is 2. The van der Waals surface area contributed by atoms with Crippen LogP contribution in [0.25, 0.3) is 0 Å². The van der Waals surface area contributed by atoms with Crippen LogP contribution in [0, 0.1) is 0 Å². The number of nitrogens with one attached hydrogen (secondary N) is 1. The molecule has 0 rings (SSSR count). The first-order valence-electron chi connectivity index (χ1n) is 12.5. The molecule has 0 radical (unpaired) electrons. The first kappa shape index (κ1) is 28.1. The van der Waals surface area contributed by atoms with Crippen LogP contribution in [0.3, 0.4) is 0 Å². The van der Waals surface area contributed by atoms with Crippen LogP contribution in [0.5, 0.6) is 0 Å². The average Bonchev–Trinajstić information content (AvgIpc) is 2.73. The molecule has 0 aliphatic rings. The molecule has 172 valence electrons. The summed E-state index contributed by atoms with van der Waals surface area (Å²) in [5, 5.41) is 11.9. The van der Waals surface area contributed by atoms with Gasteiger partial charge in [-0.2, -0.15) is 0 Å². The molecule has 0 saturated carbocycles. The van der Waals surface area contributed by atoms with Gasteiger partial charge in [-0.15, -0.1) is 0 Å². The van der Waals surface area contributed by atoms with Gasteiger partial charge in [0.05, 0.1) is 0 Å². The molecule has 4 nitrogen and oxygen atoms in total. The largest absolute Gasteiger partial charge is 0.396 e. The van der Waals surface area contributed by atoms with E-state index in [1.165, 1.54) is 70.6 Å². The highest BCUT2D eigenvalue weighted by Gasteiger charge is 2.04. The van der Waals surface area contributed by atoms with Gasteiger partial charge < -0.3 is 15.3 Å². The molecule has 1 amide bonds. The van der Waals surface area contributed by atoms with E-state index in [0.29, 0.717) is 13.0 Å². The van der Waals surface area contributed by atoms with Crippen LogP contribution in [0.1, 0.15) is 110 Å². The molecule has 0 aromatic carbocycles. The van der Waals surface area contributed by atoms with E-state index >= 15 is 0 Å². The quantitative estimate of drug-likeness (QED) is 0.174. The minimum atomic E-state index is 0.181. The third-order valence-electron chi connectivity index (χ3n) is 5.50. The number of nitrogens with zero attached hydrogens (tertiary/aromatic N) is 1. The van der Waals surface area contributed by atoms with Crippen molar-refractivity contribution in [3.63, 3.8) is 0 Å². The second-order valence-electron chi connectivity index (χ2n) is 8.20. The molecule has 0 atom stereocenters. The molecule has 4 heteroatoms. The first-order valence-corrected chi connectivity index (χ1v) is 12.5. The molecule has 0 spiro atoms. The fourth-order valence-corrected chi connectivity index (χ4v) is 3.52. The molecule has 2 N–H and O–H groups in total. The number of unbranched alkanes of at least 4 members (excludes halogenated alkanes) is 11. The van der Waals surface area contributed by atoms with Crippen LogP contribution >= 0.6 is 0 Å². The number of rotatable bonds is 22. The van der Waals surface area contributed by atoms with Crippen LogP contribution in [0.15, 0.2) is 12.2 Å². The number of aliphatic hydroxyl groups is 1. The lowest BCUT2D eigenvalue weighted by Gasteiger charge is -2.19. The summed E-state index contributed by atoms with van der Waals surface area (Å²) in [5.41, 5.74) is 0. The molecular formula is C25H50N2O2. The summed E-state index contributed by atoms with van der Waals surface area (Å²) < 4.78 is 0. The molecule has 0 fully saturated rings. The topological polar surface area (TPSA) is 52.6 Å². The summed E-state index contributed by atoms with van der Waals surface area (Å²) in [5.74, 6) is 0.181. The SMILES string of the molecule is CCCCCCCC/C=C\CCCCCCCC(=O)NCCN(CC)CCCO. The molecule has 29 heavy (non-hydrogen) atoms. The number of carbonyl (C=O) groups is 1. The fourth-order valence-electron chi connectivity index (χ4n) is 3.52. The Bertz CT molecular complexity index is 372. The maximum Gasteiger partial charge on any atom is 0.220 e. The van der Waals surface area contributed by atoms with Crippen molar-refractivity contribution in [3.05, 3.63) is 12.2 Å². The number of allylic oxidation sites excluding steroid dienone is 2. The predicted molar refractivity (Wildman–Crippen MR) is 126 cm³/mol. The minimum absolute atomic E-state index is 0.181. The zero-order valence-corrected chi connectivity index (χ0v) is 19.6. The van der Waals surface area contributed by atoms with Crippen molar-refractivity contribution in [2.45, 2.75) is 110 Å². The zero-order valence-electron chi connectivity index (χ0n) is 19.6. The molecule has 0 heterocycles. The monoisotopic (exact) mass is 410 g/mol. The van der Waals surface area contributed by atoms with Gasteiger partial charge in [0.15, 0.2) is 0 Å². The highest BCUT2D eigenvalue weighted by atomic mass is 16.3. The highest BCUT2D eigenvalue weighted by molar-refractivity contribution is 5.75. The average molecular weight is 411 g/mol. The van der Waals surface area contributed by atoms with Crippen molar-refractivity contribution in [1.29, 1.82) is 0 Å². The molecule has 0 aromatic heterocycles. The number of hydrogen-bond acceptors (Lipinski definition) is 3. The van der Waals surface area contributed by atoms with Gasteiger partial charge in [-0.25, -0.2) is 0 Å². The molecule has 0 saturated heterocycles. The van der Waals surface area contributed by atoms with E-state index in [2.05, 4.69) is 36.2 Å². The molecule has 0 aromatic rings. The summed E-state index contributed by atoms with van der Waals surface area (Å²) in [4.78, 5) is 14.1. The van der Waals surface area contributed by atoms with Gasteiger partial charge in [-0.3, -0.25) is 4.79 Å². The van der Waals surface area contributed by atoms with E-state index in [9.17, 15) is 4.79 Å². The van der Waals surface area contributed by atoms with Crippen molar-refractivity contribution < 1.29 is 9.90 Å². The van der Waals surface area contributed by atoms with E-state index in [4.69, 9.17) is 5.11 Å². The van der Waals surface area contributed by atoms with Gasteiger partial charge in [0, 0.05) is 32.7 Å². The summed E-state index contributed by atoms with van der Waals surface area (Å²) in [6, 6.07) is 0. The Morgan fingerprint density at radius 3 is 1.97 bits per heavy atom. The maximum atomic E-state index is 11.9. The summed E-state index contributed by atoms with van der Waals surface area (Å²) in [6.45, 7) is 8.06. The van der Waals surface area contributed by atoms with Crippen molar-refractivity contribution in [2.24, 2.45) is 0 Å². The Hall–Kier alpha value is -0.870. The maximum absolute atomic E-state index is 11.9. The van der Waals surface area contributed by atoms with Gasteiger partial charge in [0.2, 0.25) is 5.91 Å². The number of amides is 1. The summed E-state index contributed by atoms with van der Waals surface area (Å²) in [7, 11) is 0. The number of likely N-dealkylation sites (N-methyl/N-ethyl adjacent to an activating group) is 1. The van der Waals surface area contributed by atoms with E-state index in [-0.39, 0.29) is 12.5 Å². The Kier molecular flexibility index (Phi) is 22.7. The fraction of sp³-hybridized carbons (Fsp3) is 0.880. The Morgan fingerprint density at radius 1 is 0.793 bits per heavy atom. The van der Waals surface area contributed by atoms with E-state index in [0.717, 1.165) is 38.9 Å². The zero-order chi connectivity index (χ0) is 21.4. The molecule has 0 aliphatic heterocycles. The normalized spacial score (nSPS) is 11.6. The Morgan fingerprint density at radius 2 is 1.38 bits per heavy atom. The van der Waals surface area contributed by atoms with Gasteiger partial charge in [-0.1, -0.05) is 77.4 Å². The van der Waals surface area contributed by atoms with Crippen LogP contribution in [-0.2, 0) is 4.79 Å². The molecule has 0 unspecified atom stereocenters. The first-order chi connectivity index (χ1) is 14.2. The lowest BCUT2D eigenvalue weighted by Crippen LogP contribution is -2.35. The minimum Gasteiger partial charge on any atom is -0.396 e.